The van der Waals surface area contributed by atoms with Crippen LogP contribution in [0.25, 0.3) is 16.9 Å². The predicted molar refractivity (Wildman–Crippen MR) is 115 cm³/mol. The van der Waals surface area contributed by atoms with Crippen LogP contribution in [0.1, 0.15) is 21.6 Å². The Morgan fingerprint density at radius 1 is 1.18 bits per heavy atom. The number of alkyl halides is 3. The minimum atomic E-state index is -4.50. The molecule has 0 unspecified atom stereocenters. The number of anilines is 1. The van der Waals surface area contributed by atoms with E-state index in [1.54, 1.807) is 12.3 Å². The number of halogens is 4. The number of ether oxygens (including phenoxy) is 1. The first-order valence-corrected chi connectivity index (χ1v) is 10.4. The number of benzene rings is 2. The van der Waals surface area contributed by atoms with Crippen LogP contribution in [-0.4, -0.2) is 27.8 Å². The number of rotatable bonds is 5. The van der Waals surface area contributed by atoms with Crippen LogP contribution in [0.4, 0.5) is 22.7 Å². The fourth-order valence-corrected chi connectivity index (χ4v) is 3.91. The van der Waals surface area contributed by atoms with E-state index < -0.39 is 23.5 Å². The van der Waals surface area contributed by atoms with Crippen LogP contribution in [0.3, 0.4) is 0 Å². The van der Waals surface area contributed by atoms with Gasteiger partial charge in [0.1, 0.15) is 11.6 Å². The quantitative estimate of drug-likeness (QED) is 0.374. The molecule has 1 amide bonds. The molecule has 2 aromatic carbocycles. The van der Waals surface area contributed by atoms with Gasteiger partial charge in [-0.1, -0.05) is 6.07 Å². The molecule has 33 heavy (non-hydrogen) atoms. The second-order valence-corrected chi connectivity index (χ2v) is 7.80. The molecule has 1 N–H and O–H groups in total. The van der Waals surface area contributed by atoms with Gasteiger partial charge in [0.2, 0.25) is 0 Å². The lowest BCUT2D eigenvalue weighted by molar-refractivity contribution is -0.137. The van der Waals surface area contributed by atoms with Gasteiger partial charge in [0.25, 0.3) is 5.91 Å². The van der Waals surface area contributed by atoms with Crippen molar-refractivity contribution in [1.82, 2.24) is 14.8 Å². The van der Waals surface area contributed by atoms with E-state index in [0.717, 1.165) is 23.5 Å². The van der Waals surface area contributed by atoms with E-state index in [9.17, 15) is 22.4 Å². The molecular formula is C22H16F4N4O2S. The van der Waals surface area contributed by atoms with Crippen LogP contribution >= 0.6 is 11.3 Å². The Morgan fingerprint density at radius 2 is 1.97 bits per heavy atom. The van der Waals surface area contributed by atoms with Gasteiger partial charge in [0.05, 0.1) is 41.5 Å². The van der Waals surface area contributed by atoms with Crippen molar-refractivity contribution in [3.8, 4) is 22.7 Å². The predicted octanol–water partition coefficient (Wildman–Crippen LogP) is 5.72. The van der Waals surface area contributed by atoms with Gasteiger partial charge in [0.15, 0.2) is 5.13 Å². The summed E-state index contributed by atoms with van der Waals surface area (Å²) in [6, 6.07) is 8.69. The van der Waals surface area contributed by atoms with Crippen molar-refractivity contribution in [3.05, 3.63) is 76.7 Å². The van der Waals surface area contributed by atoms with Gasteiger partial charge in [-0.2, -0.15) is 18.3 Å². The maximum atomic E-state index is 13.7. The van der Waals surface area contributed by atoms with Gasteiger partial charge in [-0.3, -0.25) is 10.1 Å². The zero-order valence-electron chi connectivity index (χ0n) is 17.3. The molecular weight excluding hydrogens is 460 g/mol. The van der Waals surface area contributed by atoms with E-state index in [0.29, 0.717) is 22.7 Å². The van der Waals surface area contributed by atoms with E-state index in [4.69, 9.17) is 4.74 Å². The average Bonchev–Trinajstić information content (AvgIpc) is 3.39. The lowest BCUT2D eigenvalue weighted by Gasteiger charge is -2.10. The molecule has 0 radical (unpaired) electrons. The van der Waals surface area contributed by atoms with E-state index in [1.165, 1.54) is 48.3 Å². The zero-order chi connectivity index (χ0) is 23.8. The SMILES string of the molecule is COc1ccc(F)cc1-c1csc(NC(=O)c2cnn(-c3cccc(C(F)(F)F)c3)c2C)n1. The molecule has 0 spiro atoms. The summed E-state index contributed by atoms with van der Waals surface area (Å²) in [6.07, 6.45) is -3.22. The molecule has 0 aliphatic carbocycles. The van der Waals surface area contributed by atoms with Crippen molar-refractivity contribution in [1.29, 1.82) is 0 Å². The number of amides is 1. The Bertz CT molecular complexity index is 1330. The topological polar surface area (TPSA) is 69.0 Å². The summed E-state index contributed by atoms with van der Waals surface area (Å²) in [6.45, 7) is 1.58. The highest BCUT2D eigenvalue weighted by molar-refractivity contribution is 7.14. The first kappa shape index (κ1) is 22.5. The highest BCUT2D eigenvalue weighted by Gasteiger charge is 2.30. The number of carbonyl (C=O) groups is 1. The van der Waals surface area contributed by atoms with Gasteiger partial charge >= 0.3 is 6.18 Å². The number of hydrogen-bond donors (Lipinski definition) is 1. The van der Waals surface area contributed by atoms with E-state index in [2.05, 4.69) is 15.4 Å². The number of aromatic nitrogens is 3. The van der Waals surface area contributed by atoms with Crippen LogP contribution in [0.15, 0.2) is 54.0 Å². The molecule has 2 heterocycles. The van der Waals surface area contributed by atoms with Crippen molar-refractivity contribution >= 4 is 22.4 Å². The second kappa shape index (κ2) is 8.66. The van der Waals surface area contributed by atoms with Crippen LogP contribution in [0.5, 0.6) is 5.75 Å². The van der Waals surface area contributed by atoms with Crippen molar-refractivity contribution in [2.45, 2.75) is 13.1 Å². The third kappa shape index (κ3) is 4.58. The third-order valence-electron chi connectivity index (χ3n) is 4.83. The molecule has 0 atom stereocenters. The van der Waals surface area contributed by atoms with E-state index in [-0.39, 0.29) is 16.4 Å². The molecule has 0 fully saturated rings. The Balaban J connectivity index is 1.57. The molecule has 0 aliphatic rings. The Morgan fingerprint density at radius 3 is 2.70 bits per heavy atom. The highest BCUT2D eigenvalue weighted by atomic mass is 32.1. The van der Waals surface area contributed by atoms with Gasteiger partial charge in [-0.05, 0) is 43.3 Å². The average molecular weight is 476 g/mol. The molecule has 0 bridgehead atoms. The number of nitrogens with zero attached hydrogens (tertiary/aromatic N) is 3. The fraction of sp³-hybridized carbons (Fsp3) is 0.136. The first-order chi connectivity index (χ1) is 15.7. The molecule has 170 valence electrons. The Kier molecular flexibility index (Phi) is 5.90. The second-order valence-electron chi connectivity index (χ2n) is 6.94. The minimum absolute atomic E-state index is 0.174. The van der Waals surface area contributed by atoms with Gasteiger partial charge < -0.3 is 4.74 Å². The van der Waals surface area contributed by atoms with Gasteiger partial charge in [0, 0.05) is 10.9 Å². The number of hydrogen-bond acceptors (Lipinski definition) is 5. The smallest absolute Gasteiger partial charge is 0.416 e. The fourth-order valence-electron chi connectivity index (χ4n) is 3.21. The van der Waals surface area contributed by atoms with Crippen LogP contribution in [0.2, 0.25) is 0 Å². The lowest BCUT2D eigenvalue weighted by atomic mass is 10.1. The van der Waals surface area contributed by atoms with Crippen molar-refractivity contribution in [3.63, 3.8) is 0 Å². The highest BCUT2D eigenvalue weighted by Crippen LogP contribution is 2.33. The van der Waals surface area contributed by atoms with Crippen LogP contribution in [-0.2, 0) is 6.18 Å². The Hall–Kier alpha value is -3.73. The number of thiazole rings is 1. The minimum Gasteiger partial charge on any atom is -0.496 e. The summed E-state index contributed by atoms with van der Waals surface area (Å²) in [7, 11) is 1.45. The number of nitrogens with one attached hydrogen (secondary N) is 1. The van der Waals surface area contributed by atoms with Crippen molar-refractivity contribution in [2.75, 3.05) is 12.4 Å². The van der Waals surface area contributed by atoms with E-state index in [1.807, 2.05) is 0 Å². The van der Waals surface area contributed by atoms with Crippen LogP contribution in [0, 0.1) is 12.7 Å². The summed E-state index contributed by atoms with van der Waals surface area (Å²) in [5.41, 5.74) is 0.744. The molecule has 2 aromatic heterocycles. The monoisotopic (exact) mass is 476 g/mol. The summed E-state index contributed by atoms with van der Waals surface area (Å²) >= 11 is 1.13. The maximum absolute atomic E-state index is 13.7. The molecule has 0 aliphatic heterocycles. The molecule has 0 saturated carbocycles. The van der Waals surface area contributed by atoms with Crippen molar-refractivity contribution < 1.29 is 27.1 Å². The van der Waals surface area contributed by atoms with Gasteiger partial charge in [-0.15, -0.1) is 11.3 Å². The molecule has 6 nitrogen and oxygen atoms in total. The number of carbonyl (C=O) groups excluding carboxylic acids is 1. The molecule has 0 saturated heterocycles. The lowest BCUT2D eigenvalue weighted by Crippen LogP contribution is -2.13. The zero-order valence-corrected chi connectivity index (χ0v) is 18.1. The van der Waals surface area contributed by atoms with Crippen LogP contribution < -0.4 is 10.1 Å². The molecule has 11 heteroatoms. The summed E-state index contributed by atoms with van der Waals surface area (Å²) in [5, 5.41) is 8.61. The first-order valence-electron chi connectivity index (χ1n) is 9.50. The normalized spacial score (nSPS) is 11.5. The molecule has 4 rings (SSSR count). The summed E-state index contributed by atoms with van der Waals surface area (Å²) in [4.78, 5) is 17.1. The standard InChI is InChI=1S/C22H16F4N4O2S/c1-12-17(10-27-30(12)15-5-3-4-13(8-15)22(24,25)26)20(31)29-21-28-18(11-33-21)16-9-14(23)6-7-19(16)32-2/h3-11H,1-2H3,(H,28,29,31). The number of methoxy groups -OCH3 is 1. The largest absolute Gasteiger partial charge is 0.496 e. The summed E-state index contributed by atoms with van der Waals surface area (Å²) in [5.74, 6) is -0.558. The molecule has 4 aromatic rings. The van der Waals surface area contributed by atoms with Crippen molar-refractivity contribution in [2.24, 2.45) is 0 Å². The summed E-state index contributed by atoms with van der Waals surface area (Å²) < 4.78 is 59.2. The Labute approximate surface area is 189 Å². The van der Waals surface area contributed by atoms with Gasteiger partial charge in [-0.25, -0.2) is 14.1 Å². The maximum Gasteiger partial charge on any atom is 0.416 e. The van der Waals surface area contributed by atoms with E-state index >= 15 is 0 Å². The third-order valence-corrected chi connectivity index (χ3v) is 5.59.